The summed E-state index contributed by atoms with van der Waals surface area (Å²) in [5.74, 6) is 0.451. The number of nitrogens with zero attached hydrogens (tertiary/aromatic N) is 2. The monoisotopic (exact) mass is 500 g/mol. The van der Waals surface area contributed by atoms with Gasteiger partial charge in [0.1, 0.15) is 11.6 Å². The van der Waals surface area contributed by atoms with Crippen molar-refractivity contribution in [2.75, 3.05) is 11.9 Å². The first-order chi connectivity index (χ1) is 17.5. The van der Waals surface area contributed by atoms with Crippen LogP contribution in [-0.2, 0) is 9.53 Å². The molecule has 182 valence electrons. The molecule has 2 N–H and O–H groups in total. The molecule has 0 fully saturated rings. The van der Waals surface area contributed by atoms with Crippen molar-refractivity contribution in [1.29, 1.82) is 0 Å². The van der Waals surface area contributed by atoms with Gasteiger partial charge in [-0.1, -0.05) is 48.6 Å². The average molecular weight is 501 g/mol. The number of aromatic amines is 1. The molecule has 1 atom stereocenters. The summed E-state index contributed by atoms with van der Waals surface area (Å²) in [6, 6.07) is 20.4. The summed E-state index contributed by atoms with van der Waals surface area (Å²) < 4.78 is 12.0. The maximum Gasteiger partial charge on any atom is 0.338 e. The molecule has 0 aliphatic carbocycles. The molecule has 0 aliphatic rings. The van der Waals surface area contributed by atoms with Crippen LogP contribution in [0.2, 0.25) is 0 Å². The minimum absolute atomic E-state index is 0.321. The molecule has 0 spiro atoms. The average Bonchev–Trinajstić information content (AvgIpc) is 3.50. The zero-order chi connectivity index (χ0) is 25.1. The molecule has 9 heteroatoms. The van der Waals surface area contributed by atoms with Gasteiger partial charge in [0.05, 0.1) is 33.4 Å². The number of hydrogen-bond acceptors (Lipinski definition) is 7. The summed E-state index contributed by atoms with van der Waals surface area (Å²) in [4.78, 5) is 38.0. The van der Waals surface area contributed by atoms with Gasteiger partial charge in [0, 0.05) is 5.56 Å². The van der Waals surface area contributed by atoms with E-state index >= 15 is 0 Å². The molecule has 8 nitrogen and oxygen atoms in total. The SMILES string of the molecule is CCOc1ccc2nc(NC(=O)C(CC)OC(=O)c3ccc4nc(-c5ccccc5)[nH]c4c3)sc2c1. The maximum atomic E-state index is 12.9. The van der Waals surface area contributed by atoms with Crippen molar-refractivity contribution in [1.82, 2.24) is 15.0 Å². The molecule has 5 aromatic rings. The zero-order valence-corrected chi connectivity index (χ0v) is 20.6. The Morgan fingerprint density at radius 1 is 1.00 bits per heavy atom. The summed E-state index contributed by atoms with van der Waals surface area (Å²) in [6.07, 6.45) is -0.637. The molecule has 0 radical (unpaired) electrons. The minimum atomic E-state index is -0.958. The highest BCUT2D eigenvalue weighted by atomic mass is 32.1. The van der Waals surface area contributed by atoms with E-state index in [1.807, 2.05) is 55.5 Å². The van der Waals surface area contributed by atoms with Gasteiger partial charge >= 0.3 is 5.97 Å². The van der Waals surface area contributed by atoms with Gasteiger partial charge in [0.25, 0.3) is 5.91 Å². The van der Waals surface area contributed by atoms with Gasteiger partial charge < -0.3 is 14.5 Å². The van der Waals surface area contributed by atoms with Gasteiger partial charge in [-0.2, -0.15) is 0 Å². The number of fused-ring (bicyclic) bond motifs is 2. The summed E-state index contributed by atoms with van der Waals surface area (Å²) in [5.41, 5.74) is 3.48. The Hall–Kier alpha value is -4.24. The summed E-state index contributed by atoms with van der Waals surface area (Å²) >= 11 is 1.34. The standard InChI is InChI=1S/C27H24N4O4S/c1-3-22(25(32)31-27-30-20-13-11-18(34-4-2)15-23(20)36-27)35-26(33)17-10-12-19-21(14-17)29-24(28-19)16-8-6-5-7-9-16/h5-15,22H,3-4H2,1-2H3,(H,28,29)(H,30,31,32). The van der Waals surface area contributed by atoms with Crippen LogP contribution in [0.1, 0.15) is 30.6 Å². The van der Waals surface area contributed by atoms with E-state index in [-0.39, 0.29) is 0 Å². The van der Waals surface area contributed by atoms with Crippen molar-refractivity contribution in [2.45, 2.75) is 26.4 Å². The lowest BCUT2D eigenvalue weighted by Crippen LogP contribution is -2.32. The van der Waals surface area contributed by atoms with Crippen LogP contribution in [0.5, 0.6) is 5.75 Å². The number of H-pyrrole nitrogens is 1. The van der Waals surface area contributed by atoms with E-state index in [9.17, 15) is 9.59 Å². The van der Waals surface area contributed by atoms with Gasteiger partial charge in [-0.3, -0.25) is 10.1 Å². The first kappa shape index (κ1) is 23.5. The first-order valence-corrected chi connectivity index (χ1v) is 12.5. The molecule has 36 heavy (non-hydrogen) atoms. The molecule has 3 aromatic carbocycles. The number of rotatable bonds is 8. The largest absolute Gasteiger partial charge is 0.494 e. The third-order valence-corrected chi connectivity index (χ3v) is 6.51. The van der Waals surface area contributed by atoms with E-state index in [1.54, 1.807) is 25.1 Å². The number of hydrogen-bond donors (Lipinski definition) is 2. The van der Waals surface area contributed by atoms with Gasteiger partial charge in [0.15, 0.2) is 11.2 Å². The third kappa shape index (κ3) is 4.92. The molecule has 2 aromatic heterocycles. The third-order valence-electron chi connectivity index (χ3n) is 5.58. The van der Waals surface area contributed by atoms with Crippen LogP contribution < -0.4 is 10.1 Å². The van der Waals surface area contributed by atoms with Gasteiger partial charge in [-0.05, 0) is 49.7 Å². The van der Waals surface area contributed by atoms with E-state index in [0.29, 0.717) is 35.1 Å². The second-order valence-corrected chi connectivity index (χ2v) is 9.09. The first-order valence-electron chi connectivity index (χ1n) is 11.6. The van der Waals surface area contributed by atoms with Crippen molar-refractivity contribution >= 4 is 49.6 Å². The lowest BCUT2D eigenvalue weighted by molar-refractivity contribution is -0.124. The molecular weight excluding hydrogens is 476 g/mol. The number of carbonyl (C=O) groups excluding carboxylic acids is 2. The van der Waals surface area contributed by atoms with Crippen LogP contribution >= 0.6 is 11.3 Å². The Balaban J connectivity index is 1.28. The molecule has 0 saturated carbocycles. The quantitative estimate of drug-likeness (QED) is 0.260. The zero-order valence-electron chi connectivity index (χ0n) is 19.8. The Kier molecular flexibility index (Phi) is 6.64. The lowest BCUT2D eigenvalue weighted by atomic mass is 10.2. The molecule has 0 saturated heterocycles. The van der Waals surface area contributed by atoms with Crippen LogP contribution in [0, 0.1) is 0 Å². The van der Waals surface area contributed by atoms with Crippen molar-refractivity contribution < 1.29 is 19.1 Å². The maximum absolute atomic E-state index is 12.9. The molecule has 1 unspecified atom stereocenters. The number of ether oxygens (including phenoxy) is 2. The topological polar surface area (TPSA) is 106 Å². The summed E-state index contributed by atoms with van der Waals surface area (Å²) in [5, 5.41) is 3.21. The normalized spacial score (nSPS) is 11.9. The Morgan fingerprint density at radius 2 is 1.81 bits per heavy atom. The minimum Gasteiger partial charge on any atom is -0.494 e. The highest BCUT2D eigenvalue weighted by molar-refractivity contribution is 7.22. The number of benzene rings is 3. The number of anilines is 1. The number of nitrogens with one attached hydrogen (secondary N) is 2. The van der Waals surface area contributed by atoms with E-state index in [2.05, 4.69) is 20.3 Å². The Bertz CT molecular complexity index is 1540. The van der Waals surface area contributed by atoms with Crippen molar-refractivity contribution in [3.63, 3.8) is 0 Å². The van der Waals surface area contributed by atoms with Crippen molar-refractivity contribution in [3.8, 4) is 17.1 Å². The predicted octanol–water partition coefficient (Wildman–Crippen LogP) is 5.81. The predicted molar refractivity (Wildman–Crippen MR) is 140 cm³/mol. The molecule has 0 bridgehead atoms. The lowest BCUT2D eigenvalue weighted by Gasteiger charge is -2.15. The Morgan fingerprint density at radius 3 is 2.58 bits per heavy atom. The van der Waals surface area contributed by atoms with Gasteiger partial charge in [-0.25, -0.2) is 14.8 Å². The second-order valence-electron chi connectivity index (χ2n) is 8.06. The van der Waals surface area contributed by atoms with E-state index in [1.165, 1.54) is 11.3 Å². The summed E-state index contributed by atoms with van der Waals surface area (Å²) in [7, 11) is 0. The second kappa shape index (κ2) is 10.2. The Labute approximate surface area is 211 Å². The molecular formula is C27H24N4O4S. The number of thiazole rings is 1. The fourth-order valence-corrected chi connectivity index (χ4v) is 4.69. The van der Waals surface area contributed by atoms with Gasteiger partial charge in [0.2, 0.25) is 0 Å². The highest BCUT2D eigenvalue weighted by Gasteiger charge is 2.23. The van der Waals surface area contributed by atoms with E-state index in [0.717, 1.165) is 27.0 Å². The van der Waals surface area contributed by atoms with Crippen LogP contribution in [0.25, 0.3) is 32.6 Å². The number of imidazole rings is 1. The van der Waals surface area contributed by atoms with Crippen molar-refractivity contribution in [2.24, 2.45) is 0 Å². The number of aromatic nitrogens is 3. The molecule has 5 rings (SSSR count). The van der Waals surface area contributed by atoms with Crippen LogP contribution in [0.4, 0.5) is 5.13 Å². The number of carbonyl (C=O) groups is 2. The van der Waals surface area contributed by atoms with Crippen molar-refractivity contribution in [3.05, 3.63) is 72.3 Å². The van der Waals surface area contributed by atoms with Crippen LogP contribution in [0.15, 0.2) is 66.7 Å². The van der Waals surface area contributed by atoms with Crippen LogP contribution in [0.3, 0.4) is 0 Å². The number of esters is 1. The smallest absolute Gasteiger partial charge is 0.338 e. The molecule has 2 heterocycles. The number of amides is 1. The van der Waals surface area contributed by atoms with E-state index in [4.69, 9.17) is 9.47 Å². The molecule has 1 amide bonds. The fourth-order valence-electron chi connectivity index (χ4n) is 3.79. The van der Waals surface area contributed by atoms with E-state index < -0.39 is 18.0 Å². The molecule has 0 aliphatic heterocycles. The highest BCUT2D eigenvalue weighted by Crippen LogP contribution is 2.29. The van der Waals surface area contributed by atoms with Crippen LogP contribution in [-0.4, -0.2) is 39.5 Å². The summed E-state index contributed by atoms with van der Waals surface area (Å²) in [6.45, 7) is 4.27. The fraction of sp³-hybridized carbons (Fsp3) is 0.185. The van der Waals surface area contributed by atoms with Gasteiger partial charge in [-0.15, -0.1) is 0 Å².